The van der Waals surface area contributed by atoms with E-state index in [0.717, 1.165) is 62.2 Å². The van der Waals surface area contributed by atoms with E-state index in [4.69, 9.17) is 4.74 Å². The van der Waals surface area contributed by atoms with E-state index < -0.39 is 11.6 Å². The van der Waals surface area contributed by atoms with Gasteiger partial charge in [0.25, 0.3) is 0 Å². The van der Waals surface area contributed by atoms with Crippen LogP contribution in [0.15, 0.2) is 12.1 Å². The van der Waals surface area contributed by atoms with Crippen molar-refractivity contribution in [1.29, 1.82) is 0 Å². The Morgan fingerprint density at radius 3 is 1.88 bits per heavy atom. The van der Waals surface area contributed by atoms with E-state index in [2.05, 4.69) is 0 Å². The Balaban J connectivity index is 1.17. The second-order valence-electron chi connectivity index (χ2n) is 11.1. The molecule has 0 aromatic heterocycles. The van der Waals surface area contributed by atoms with E-state index in [-0.39, 0.29) is 11.7 Å². The number of halogens is 2. The Morgan fingerprint density at radius 1 is 0.788 bits per heavy atom. The maximum Gasteiger partial charge on any atom is 0.200 e. The van der Waals surface area contributed by atoms with Gasteiger partial charge < -0.3 is 9.53 Å². The topological polar surface area (TPSA) is 26.3 Å². The molecule has 33 heavy (non-hydrogen) atoms. The number of benzene rings is 1. The van der Waals surface area contributed by atoms with Crippen molar-refractivity contribution in [3.05, 3.63) is 29.3 Å². The standard InChI is InChI=1S/C29H42F2O2/c1-2-33-27-18-17-26(28(30)29(27)31)25-15-7-21(8-16-25)4-3-20-5-11-23(12-6-20)24-13-9-22(19-32)10-14-24/h17-25H,2-16H2,1H3. The van der Waals surface area contributed by atoms with Gasteiger partial charge in [-0.2, -0.15) is 4.39 Å². The van der Waals surface area contributed by atoms with Gasteiger partial charge in [-0.1, -0.05) is 31.7 Å². The van der Waals surface area contributed by atoms with Crippen molar-refractivity contribution in [2.45, 2.75) is 103 Å². The lowest BCUT2D eigenvalue weighted by Gasteiger charge is -2.37. The lowest BCUT2D eigenvalue weighted by atomic mass is 9.68. The van der Waals surface area contributed by atoms with Gasteiger partial charge in [-0.05, 0) is 112 Å². The van der Waals surface area contributed by atoms with Gasteiger partial charge in [0.2, 0.25) is 5.82 Å². The number of hydrogen-bond acceptors (Lipinski definition) is 2. The van der Waals surface area contributed by atoms with Crippen LogP contribution in [0.2, 0.25) is 0 Å². The molecule has 0 aliphatic heterocycles. The summed E-state index contributed by atoms with van der Waals surface area (Å²) in [6, 6.07) is 3.33. The fourth-order valence-corrected chi connectivity index (χ4v) is 7.06. The Kier molecular flexibility index (Phi) is 8.82. The minimum atomic E-state index is -0.830. The van der Waals surface area contributed by atoms with Gasteiger partial charge in [0.05, 0.1) is 6.61 Å². The molecule has 0 bridgehead atoms. The Morgan fingerprint density at radius 2 is 1.33 bits per heavy atom. The highest BCUT2D eigenvalue weighted by Gasteiger charge is 2.32. The van der Waals surface area contributed by atoms with Crippen LogP contribution in [0.4, 0.5) is 8.78 Å². The first-order chi connectivity index (χ1) is 16.1. The summed E-state index contributed by atoms with van der Waals surface area (Å²) in [5.74, 6) is 2.34. The smallest absolute Gasteiger partial charge is 0.200 e. The molecule has 3 aliphatic rings. The molecule has 2 nitrogen and oxygen atoms in total. The predicted octanol–water partition coefficient (Wildman–Crippen LogP) is 8.23. The molecule has 0 radical (unpaired) electrons. The van der Waals surface area contributed by atoms with Gasteiger partial charge in [0.15, 0.2) is 11.6 Å². The van der Waals surface area contributed by atoms with E-state index in [0.29, 0.717) is 18.1 Å². The quantitative estimate of drug-likeness (QED) is 0.365. The second-order valence-corrected chi connectivity index (χ2v) is 11.1. The van der Waals surface area contributed by atoms with Crippen LogP contribution < -0.4 is 4.74 Å². The highest BCUT2D eigenvalue weighted by Crippen LogP contribution is 2.44. The van der Waals surface area contributed by atoms with Crippen molar-refractivity contribution < 1.29 is 18.3 Å². The van der Waals surface area contributed by atoms with Crippen LogP contribution in [0.3, 0.4) is 0 Å². The van der Waals surface area contributed by atoms with Crippen LogP contribution in [-0.4, -0.2) is 12.9 Å². The van der Waals surface area contributed by atoms with E-state index in [1.165, 1.54) is 57.7 Å². The average molecular weight is 461 g/mol. The average Bonchev–Trinajstić information content (AvgIpc) is 2.87. The highest BCUT2D eigenvalue weighted by molar-refractivity contribution is 5.53. The van der Waals surface area contributed by atoms with Crippen molar-refractivity contribution >= 4 is 6.29 Å². The first-order valence-corrected chi connectivity index (χ1v) is 13.6. The third kappa shape index (κ3) is 6.17. The molecule has 4 heteroatoms. The number of carbonyl (C=O) groups is 1. The molecule has 0 heterocycles. The number of hydrogen-bond donors (Lipinski definition) is 0. The Labute approximate surface area is 198 Å². The summed E-state index contributed by atoms with van der Waals surface area (Å²) in [4.78, 5) is 11.0. The zero-order chi connectivity index (χ0) is 23.2. The molecule has 3 aliphatic carbocycles. The molecular weight excluding hydrogens is 418 g/mol. The van der Waals surface area contributed by atoms with Crippen molar-refractivity contribution in [1.82, 2.24) is 0 Å². The predicted molar refractivity (Wildman–Crippen MR) is 128 cm³/mol. The monoisotopic (exact) mass is 460 g/mol. The lowest BCUT2D eigenvalue weighted by Crippen LogP contribution is -2.26. The minimum Gasteiger partial charge on any atom is -0.491 e. The van der Waals surface area contributed by atoms with Crippen LogP contribution in [0, 0.1) is 41.2 Å². The second kappa shape index (κ2) is 11.8. The van der Waals surface area contributed by atoms with Gasteiger partial charge in [0, 0.05) is 5.92 Å². The zero-order valence-electron chi connectivity index (χ0n) is 20.4. The third-order valence-electron chi connectivity index (χ3n) is 9.21. The Bertz CT molecular complexity index is 755. The van der Waals surface area contributed by atoms with E-state index >= 15 is 0 Å². The highest BCUT2D eigenvalue weighted by atomic mass is 19.2. The van der Waals surface area contributed by atoms with Crippen LogP contribution in [0.5, 0.6) is 5.75 Å². The first kappa shape index (κ1) is 24.7. The first-order valence-electron chi connectivity index (χ1n) is 13.6. The van der Waals surface area contributed by atoms with Crippen molar-refractivity contribution in [2.75, 3.05) is 6.61 Å². The minimum absolute atomic E-state index is 0.0239. The maximum absolute atomic E-state index is 14.6. The zero-order valence-corrected chi connectivity index (χ0v) is 20.4. The van der Waals surface area contributed by atoms with Crippen LogP contribution in [0.1, 0.15) is 108 Å². The van der Waals surface area contributed by atoms with E-state index in [1.54, 1.807) is 19.1 Å². The summed E-state index contributed by atoms with van der Waals surface area (Å²) in [5, 5.41) is 0. The molecular formula is C29H42F2O2. The van der Waals surface area contributed by atoms with Crippen LogP contribution in [-0.2, 0) is 4.79 Å². The van der Waals surface area contributed by atoms with Crippen molar-refractivity contribution in [3.63, 3.8) is 0 Å². The molecule has 3 fully saturated rings. The molecule has 0 atom stereocenters. The normalized spacial score (nSPS) is 32.9. The largest absolute Gasteiger partial charge is 0.491 e. The summed E-state index contributed by atoms with van der Waals surface area (Å²) in [6.45, 7) is 2.12. The fourth-order valence-electron chi connectivity index (χ4n) is 7.06. The summed E-state index contributed by atoms with van der Waals surface area (Å²) in [6.07, 6.45) is 18.3. The number of aldehydes is 1. The molecule has 4 rings (SSSR count). The van der Waals surface area contributed by atoms with Crippen molar-refractivity contribution in [3.8, 4) is 5.75 Å². The third-order valence-corrected chi connectivity index (χ3v) is 9.21. The summed E-state index contributed by atoms with van der Waals surface area (Å²) < 4.78 is 34.1. The molecule has 184 valence electrons. The molecule has 0 spiro atoms. The molecule has 0 unspecified atom stereocenters. The molecule has 3 saturated carbocycles. The molecule has 0 N–H and O–H groups in total. The summed E-state index contributed by atoms with van der Waals surface area (Å²) in [7, 11) is 0. The van der Waals surface area contributed by atoms with Gasteiger partial charge in [-0.15, -0.1) is 0 Å². The number of ether oxygens (including phenoxy) is 1. The lowest BCUT2D eigenvalue weighted by molar-refractivity contribution is -0.112. The van der Waals surface area contributed by atoms with Gasteiger partial charge >= 0.3 is 0 Å². The number of carbonyl (C=O) groups excluding carboxylic acids is 1. The molecule has 1 aromatic rings. The SMILES string of the molecule is CCOc1ccc(C2CCC(CCC3CCC(C4CCC(C=O)CC4)CC3)CC2)c(F)c1F. The van der Waals surface area contributed by atoms with E-state index in [1.807, 2.05) is 0 Å². The van der Waals surface area contributed by atoms with Crippen molar-refractivity contribution in [2.24, 2.45) is 29.6 Å². The van der Waals surface area contributed by atoms with E-state index in [9.17, 15) is 13.6 Å². The molecule has 0 amide bonds. The number of rotatable bonds is 8. The summed E-state index contributed by atoms with van der Waals surface area (Å²) in [5.41, 5.74) is 0.537. The molecule has 0 saturated heterocycles. The Hall–Kier alpha value is -1.45. The maximum atomic E-state index is 14.6. The van der Waals surface area contributed by atoms with Crippen LogP contribution in [0.25, 0.3) is 0 Å². The van der Waals surface area contributed by atoms with Gasteiger partial charge in [0.1, 0.15) is 6.29 Å². The fraction of sp³-hybridized carbons (Fsp3) is 0.759. The van der Waals surface area contributed by atoms with Crippen LogP contribution >= 0.6 is 0 Å². The van der Waals surface area contributed by atoms with Gasteiger partial charge in [-0.25, -0.2) is 4.39 Å². The summed E-state index contributed by atoms with van der Waals surface area (Å²) >= 11 is 0. The molecule has 1 aromatic carbocycles. The van der Waals surface area contributed by atoms with Gasteiger partial charge in [-0.3, -0.25) is 0 Å².